The summed E-state index contributed by atoms with van der Waals surface area (Å²) in [5, 5.41) is 9.67. The average molecular weight is 1290 g/mol. The number of unbranched alkanes of at least 4 members (excludes halogenated alkanes) is 8. The number of benzene rings is 8. The van der Waals surface area contributed by atoms with E-state index < -0.39 is 0 Å². The lowest BCUT2D eigenvalue weighted by Gasteiger charge is -2.19. The number of aromatic nitrogens is 8. The van der Waals surface area contributed by atoms with Gasteiger partial charge < -0.3 is 47.9 Å². The zero-order valence-corrected chi connectivity index (χ0v) is 57.2. The Morgan fingerprint density at radius 3 is 0.573 bits per heavy atom. The maximum Gasteiger partial charge on any atom is 0.168 e. The van der Waals surface area contributed by atoms with Crippen LogP contribution in [0.4, 0.5) is 0 Å². The largest absolute Gasteiger partial charge is 0.492 e. The fourth-order valence-electron chi connectivity index (χ4n) is 13.0. The molecular weight excluding hydrogens is 1200 g/mol. The van der Waals surface area contributed by atoms with Crippen LogP contribution in [-0.4, -0.2) is 92.7 Å². The Labute approximate surface area is 561 Å². The Kier molecular flexibility index (Phi) is 20.5. The van der Waals surface area contributed by atoms with Crippen molar-refractivity contribution >= 4 is 87.2 Å². The lowest BCUT2D eigenvalue weighted by atomic mass is 9.97. The molecule has 0 unspecified atom stereocenters. The zero-order chi connectivity index (χ0) is 66.1. The van der Waals surface area contributed by atoms with Crippen LogP contribution in [0.25, 0.3) is 133 Å². The third-order valence-corrected chi connectivity index (χ3v) is 18.0. The molecule has 0 spiro atoms. The number of rotatable bonds is 32. The van der Waals surface area contributed by atoms with E-state index in [1.807, 2.05) is 48.5 Å². The standard InChI is InChI=1S/C80H90N8O8/c1-9-17-41-89-65-49-33-25-26-34-50(49)66(90-42-18-10-2)58-57(65)73-81-74(58)86-76-61-62(70(94-46-22-14-6)54-38-30-29-37-53(54)69(61)93-45-21-13-5)78(83-76)88-80-64-63(71(95-47-23-15-7)55-39-31-32-40-56(55)72(64)96-48-24-16-8)79(84-80)87-77-60-59(75(82-77)85-73)67(91-43-19-11-3)51-35-27-28-36-52(51)68(60)92-44-20-12-4/h25-40H,9-24,41-48H2,1-8H3,(H2,81,82,83,84,85,86,87,88). The highest BCUT2D eigenvalue weighted by molar-refractivity contribution is 6.23. The Morgan fingerprint density at radius 2 is 0.396 bits per heavy atom. The molecule has 16 heteroatoms. The highest BCUT2D eigenvalue weighted by atomic mass is 16.5. The number of nitrogens with one attached hydrogen (secondary N) is 2. The molecule has 0 radical (unpaired) electrons. The molecule has 3 aromatic heterocycles. The molecule has 0 amide bonds. The fourth-order valence-corrected chi connectivity index (χ4v) is 13.0. The molecule has 0 aliphatic carbocycles. The van der Waals surface area contributed by atoms with Crippen LogP contribution in [-0.2, 0) is 0 Å². The minimum absolute atomic E-state index is 0.351. The number of H-pyrrole nitrogens is 2. The summed E-state index contributed by atoms with van der Waals surface area (Å²) in [5.41, 5.74) is 4.34. The van der Waals surface area contributed by atoms with E-state index in [1.54, 1.807) is 0 Å². The van der Waals surface area contributed by atoms with Gasteiger partial charge in [0, 0.05) is 43.1 Å². The number of ether oxygens (including phenoxy) is 8. The van der Waals surface area contributed by atoms with E-state index in [0.29, 0.717) is 189 Å². The third kappa shape index (κ3) is 12.4. The van der Waals surface area contributed by atoms with Gasteiger partial charge >= 0.3 is 0 Å². The van der Waals surface area contributed by atoms with E-state index in [9.17, 15) is 0 Å². The van der Waals surface area contributed by atoms with Gasteiger partial charge in [-0.1, -0.05) is 204 Å². The smallest absolute Gasteiger partial charge is 0.168 e. The van der Waals surface area contributed by atoms with Crippen molar-refractivity contribution in [3.8, 4) is 91.5 Å². The van der Waals surface area contributed by atoms with Crippen molar-refractivity contribution in [2.75, 3.05) is 52.9 Å². The van der Waals surface area contributed by atoms with Crippen LogP contribution in [0.5, 0.6) is 46.0 Å². The molecule has 0 saturated carbocycles. The van der Waals surface area contributed by atoms with Crippen LogP contribution in [0, 0.1) is 0 Å². The molecule has 0 fully saturated rings. The fraction of sp³-hybridized carbons (Fsp3) is 0.400. The first-order chi connectivity index (χ1) is 47.4. The van der Waals surface area contributed by atoms with Crippen molar-refractivity contribution < 1.29 is 37.9 Å². The molecule has 2 aliphatic rings. The van der Waals surface area contributed by atoms with E-state index in [2.05, 4.69) is 114 Å². The highest BCUT2D eigenvalue weighted by Gasteiger charge is 2.36. The quantitative estimate of drug-likeness (QED) is 0.0380. The molecule has 0 saturated heterocycles. The second-order valence-corrected chi connectivity index (χ2v) is 25.0. The maximum absolute atomic E-state index is 7.15. The number of hydrogen-bond donors (Lipinski definition) is 2. The lowest BCUT2D eigenvalue weighted by Crippen LogP contribution is -2.04. The van der Waals surface area contributed by atoms with Gasteiger partial charge in [-0.05, 0) is 51.4 Å². The van der Waals surface area contributed by atoms with Crippen LogP contribution < -0.4 is 37.9 Å². The Hall–Kier alpha value is -9.44. The van der Waals surface area contributed by atoms with Crippen molar-refractivity contribution in [1.29, 1.82) is 0 Å². The van der Waals surface area contributed by atoms with E-state index in [1.165, 1.54) is 0 Å². The van der Waals surface area contributed by atoms with Gasteiger partial charge in [0.05, 0.1) is 96.7 Å². The van der Waals surface area contributed by atoms with Crippen LogP contribution >= 0.6 is 0 Å². The van der Waals surface area contributed by atoms with Crippen molar-refractivity contribution in [3.05, 3.63) is 97.1 Å². The summed E-state index contributed by atoms with van der Waals surface area (Å²) in [7, 11) is 0. The van der Waals surface area contributed by atoms with Crippen molar-refractivity contribution in [3.63, 3.8) is 0 Å². The van der Waals surface area contributed by atoms with E-state index in [-0.39, 0.29) is 0 Å². The second-order valence-electron chi connectivity index (χ2n) is 25.0. The summed E-state index contributed by atoms with van der Waals surface area (Å²) >= 11 is 0. The molecule has 16 nitrogen and oxygen atoms in total. The molecule has 498 valence electrons. The number of fused-ring (bicyclic) bond motifs is 24. The topological polar surface area (TPSA) is 183 Å². The van der Waals surface area contributed by atoms with Crippen LogP contribution in [0.2, 0.25) is 0 Å². The SMILES string of the molecule is CCCCOc1c2c(c(OCCCC)c3ccccc13)-c1nc-2nc2[nH]c(nc3nc(nc4[nH]c(n1)c1c(OCCCC)c5ccccc5c(OCCCC)c41)-c1c-3c(OCCCC)c3ccccc3c1OCCCC)c1c(OCCCC)c3ccccc3c(OCCCC)c21. The van der Waals surface area contributed by atoms with Crippen LogP contribution in [0.1, 0.15) is 158 Å². The molecular formula is C80H90N8O8. The van der Waals surface area contributed by atoms with Gasteiger partial charge in [0.2, 0.25) is 0 Å². The Bertz CT molecular complexity index is 4240. The molecule has 5 heterocycles. The van der Waals surface area contributed by atoms with Gasteiger partial charge in [-0.2, -0.15) is 0 Å². The minimum Gasteiger partial charge on any atom is -0.492 e. The second kappa shape index (κ2) is 30.1. The predicted octanol–water partition coefficient (Wildman–Crippen LogP) is 20.9. The molecule has 8 aromatic carbocycles. The third-order valence-electron chi connectivity index (χ3n) is 18.0. The summed E-state index contributed by atoms with van der Waals surface area (Å²) < 4.78 is 57.2. The minimum atomic E-state index is 0.351. The first-order valence-electron chi connectivity index (χ1n) is 35.6. The predicted molar refractivity (Wildman–Crippen MR) is 389 cm³/mol. The summed E-state index contributed by atoms with van der Waals surface area (Å²) in [5.74, 6) is 6.49. The van der Waals surface area contributed by atoms with E-state index >= 15 is 0 Å². The molecule has 2 aliphatic heterocycles. The van der Waals surface area contributed by atoms with Crippen LogP contribution in [0.15, 0.2) is 97.1 Å². The Morgan fingerprint density at radius 1 is 0.229 bits per heavy atom. The molecule has 8 bridgehead atoms. The number of aromatic amines is 2. The number of hydrogen-bond acceptors (Lipinski definition) is 14. The summed E-state index contributed by atoms with van der Waals surface area (Å²) in [6, 6.07) is 33.2. The molecule has 2 N–H and O–H groups in total. The molecule has 96 heavy (non-hydrogen) atoms. The van der Waals surface area contributed by atoms with Crippen molar-refractivity contribution in [2.45, 2.75) is 158 Å². The molecule has 0 atom stereocenters. The maximum atomic E-state index is 7.15. The number of nitrogens with zero attached hydrogens (tertiary/aromatic N) is 6. The Balaban J connectivity index is 1.32. The van der Waals surface area contributed by atoms with Gasteiger partial charge in [-0.15, -0.1) is 0 Å². The van der Waals surface area contributed by atoms with Gasteiger partial charge in [0.25, 0.3) is 0 Å². The first-order valence-corrected chi connectivity index (χ1v) is 35.6. The first kappa shape index (κ1) is 65.2. The van der Waals surface area contributed by atoms with Crippen molar-refractivity contribution in [2.24, 2.45) is 0 Å². The van der Waals surface area contributed by atoms with Gasteiger partial charge in [-0.25, -0.2) is 29.9 Å². The monoisotopic (exact) mass is 1290 g/mol. The average Bonchev–Trinajstić information content (AvgIpc) is 1.56. The highest BCUT2D eigenvalue weighted by Crippen LogP contribution is 2.56. The zero-order valence-electron chi connectivity index (χ0n) is 57.2. The van der Waals surface area contributed by atoms with E-state index in [4.69, 9.17) is 67.8 Å². The van der Waals surface area contributed by atoms with E-state index in [0.717, 1.165) is 146 Å². The van der Waals surface area contributed by atoms with Gasteiger partial charge in [0.1, 0.15) is 68.6 Å². The summed E-state index contributed by atoms with van der Waals surface area (Å²) in [6.45, 7) is 21.0. The summed E-state index contributed by atoms with van der Waals surface area (Å²) in [4.78, 5) is 42.5. The van der Waals surface area contributed by atoms with Crippen LogP contribution in [0.3, 0.4) is 0 Å². The molecule has 11 aromatic rings. The molecule has 13 rings (SSSR count). The van der Waals surface area contributed by atoms with Gasteiger partial charge in [0.15, 0.2) is 23.3 Å². The lowest BCUT2D eigenvalue weighted by molar-refractivity contribution is 0.308. The van der Waals surface area contributed by atoms with Gasteiger partial charge in [-0.3, -0.25) is 0 Å². The normalized spacial score (nSPS) is 11.9. The summed E-state index contributed by atoms with van der Waals surface area (Å²) in [6.07, 6.45) is 14.0. The van der Waals surface area contributed by atoms with Crippen molar-refractivity contribution in [1.82, 2.24) is 39.9 Å².